The molecule has 21 heavy (non-hydrogen) atoms. The summed E-state index contributed by atoms with van der Waals surface area (Å²) >= 11 is 3.31. The molecule has 1 heterocycles. The largest absolute Gasteiger partial charge is 0.481 e. The summed E-state index contributed by atoms with van der Waals surface area (Å²) in [5.41, 5.74) is 1.62. The first-order chi connectivity index (χ1) is 10.0. The van der Waals surface area contributed by atoms with Gasteiger partial charge in [-0.25, -0.2) is 0 Å². The molecular formula is C15H19NO3S2. The second-order valence-corrected chi connectivity index (χ2v) is 7.04. The first-order valence-corrected chi connectivity index (χ1v) is 9.16. The van der Waals surface area contributed by atoms with E-state index in [9.17, 15) is 9.59 Å². The molecule has 1 N–H and O–H groups in total. The fourth-order valence-corrected chi connectivity index (χ4v) is 3.91. The van der Waals surface area contributed by atoms with Crippen molar-refractivity contribution in [2.45, 2.75) is 24.3 Å². The van der Waals surface area contributed by atoms with Gasteiger partial charge in [-0.3, -0.25) is 9.59 Å². The van der Waals surface area contributed by atoms with Crippen molar-refractivity contribution in [1.29, 1.82) is 0 Å². The summed E-state index contributed by atoms with van der Waals surface area (Å²) in [6.45, 7) is 2.53. The predicted molar refractivity (Wildman–Crippen MR) is 87.4 cm³/mol. The van der Waals surface area contributed by atoms with Crippen molar-refractivity contribution in [2.75, 3.05) is 24.3 Å². The van der Waals surface area contributed by atoms with Crippen LogP contribution in [0.5, 0.6) is 0 Å². The van der Waals surface area contributed by atoms with Gasteiger partial charge >= 0.3 is 5.97 Å². The van der Waals surface area contributed by atoms with Gasteiger partial charge in [0.25, 0.3) is 5.91 Å². The smallest absolute Gasteiger partial charge is 0.305 e. The predicted octanol–water partition coefficient (Wildman–Crippen LogP) is 2.75. The number of aryl methyl sites for hydroxylation is 1. The van der Waals surface area contributed by atoms with Gasteiger partial charge in [-0.1, -0.05) is 6.07 Å². The lowest BCUT2D eigenvalue weighted by Crippen LogP contribution is -2.47. The summed E-state index contributed by atoms with van der Waals surface area (Å²) < 4.78 is 0. The van der Waals surface area contributed by atoms with Gasteiger partial charge in [-0.15, -0.1) is 11.8 Å². The molecule has 0 bridgehead atoms. The van der Waals surface area contributed by atoms with Crippen molar-refractivity contribution in [1.82, 2.24) is 4.90 Å². The van der Waals surface area contributed by atoms with Gasteiger partial charge in [0.2, 0.25) is 0 Å². The zero-order chi connectivity index (χ0) is 15.4. The highest BCUT2D eigenvalue weighted by Crippen LogP contribution is 2.25. The number of hydrogen-bond acceptors (Lipinski definition) is 4. The minimum atomic E-state index is -0.852. The van der Waals surface area contributed by atoms with Crippen molar-refractivity contribution in [3.05, 3.63) is 29.3 Å². The molecule has 1 aromatic carbocycles. The summed E-state index contributed by atoms with van der Waals surface area (Å²) in [5.74, 6) is 0.660. The molecule has 1 aliphatic heterocycles. The van der Waals surface area contributed by atoms with Gasteiger partial charge in [0.05, 0.1) is 12.5 Å². The van der Waals surface area contributed by atoms with Gasteiger partial charge in [0.15, 0.2) is 0 Å². The summed E-state index contributed by atoms with van der Waals surface area (Å²) in [4.78, 5) is 26.6. The normalized spacial score (nSPS) is 18.6. The maximum Gasteiger partial charge on any atom is 0.305 e. The van der Waals surface area contributed by atoms with Crippen LogP contribution in [0, 0.1) is 6.92 Å². The minimum Gasteiger partial charge on any atom is -0.481 e. The molecule has 1 amide bonds. The highest BCUT2D eigenvalue weighted by Gasteiger charge is 2.30. The lowest BCUT2D eigenvalue weighted by atomic mass is 10.1. The topological polar surface area (TPSA) is 57.6 Å². The van der Waals surface area contributed by atoms with Gasteiger partial charge < -0.3 is 10.0 Å². The van der Waals surface area contributed by atoms with Gasteiger partial charge in [-0.2, -0.15) is 11.8 Å². The Morgan fingerprint density at radius 3 is 2.90 bits per heavy atom. The van der Waals surface area contributed by atoms with Crippen molar-refractivity contribution in [2.24, 2.45) is 0 Å². The quantitative estimate of drug-likeness (QED) is 0.863. The van der Waals surface area contributed by atoms with Crippen LogP contribution in [0.3, 0.4) is 0 Å². The van der Waals surface area contributed by atoms with E-state index in [0.29, 0.717) is 17.9 Å². The summed E-state index contributed by atoms with van der Waals surface area (Å²) in [5, 5.41) is 9.02. The maximum atomic E-state index is 12.8. The Kier molecular flexibility index (Phi) is 5.58. The second kappa shape index (κ2) is 7.22. The van der Waals surface area contributed by atoms with Gasteiger partial charge in [-0.05, 0) is 30.9 Å². The Morgan fingerprint density at radius 1 is 1.48 bits per heavy atom. The van der Waals surface area contributed by atoms with Gasteiger partial charge in [0.1, 0.15) is 0 Å². The van der Waals surface area contributed by atoms with Crippen molar-refractivity contribution in [3.8, 4) is 0 Å². The fraction of sp³-hybridized carbons (Fsp3) is 0.467. The molecule has 1 aromatic rings. The molecule has 0 radical (unpaired) electrons. The lowest BCUT2D eigenvalue weighted by molar-refractivity contribution is -0.138. The van der Waals surface area contributed by atoms with Gasteiger partial charge in [0, 0.05) is 28.5 Å². The number of carbonyl (C=O) groups is 2. The van der Waals surface area contributed by atoms with Crippen LogP contribution in [-0.2, 0) is 4.79 Å². The van der Waals surface area contributed by atoms with E-state index >= 15 is 0 Å². The summed E-state index contributed by atoms with van der Waals surface area (Å²) in [7, 11) is 0. The highest BCUT2D eigenvalue weighted by atomic mass is 32.2. The Labute approximate surface area is 133 Å². The Balaban J connectivity index is 2.26. The lowest BCUT2D eigenvalue weighted by Gasteiger charge is -2.35. The Hall–Kier alpha value is -1.14. The molecule has 2 rings (SSSR count). The monoisotopic (exact) mass is 325 g/mol. The van der Waals surface area contributed by atoms with Crippen LogP contribution < -0.4 is 0 Å². The number of aliphatic carboxylic acids is 1. The average molecular weight is 325 g/mol. The van der Waals surface area contributed by atoms with E-state index in [4.69, 9.17) is 5.11 Å². The molecule has 0 aliphatic carbocycles. The molecule has 1 fully saturated rings. The number of carboxylic acid groups (broad SMARTS) is 1. The first-order valence-electron chi connectivity index (χ1n) is 6.78. The molecule has 114 valence electrons. The number of amides is 1. The van der Waals surface area contributed by atoms with E-state index in [0.717, 1.165) is 16.2 Å². The minimum absolute atomic E-state index is 0.0139. The van der Waals surface area contributed by atoms with Crippen LogP contribution in [0.4, 0.5) is 0 Å². The SMILES string of the molecule is CSc1ccc(C)c(C(=O)N2CCSCC2CC(=O)O)c1. The van der Waals surface area contributed by atoms with E-state index in [1.807, 2.05) is 31.4 Å². The highest BCUT2D eigenvalue weighted by molar-refractivity contribution is 7.99. The van der Waals surface area contributed by atoms with E-state index in [1.54, 1.807) is 28.4 Å². The van der Waals surface area contributed by atoms with E-state index < -0.39 is 5.97 Å². The van der Waals surface area contributed by atoms with Crippen LogP contribution in [-0.4, -0.2) is 52.2 Å². The second-order valence-electron chi connectivity index (χ2n) is 5.01. The third-order valence-electron chi connectivity index (χ3n) is 3.57. The van der Waals surface area contributed by atoms with E-state index in [2.05, 4.69) is 0 Å². The first kappa shape index (κ1) is 16.2. The number of carbonyl (C=O) groups excluding carboxylic acids is 1. The van der Waals surface area contributed by atoms with Crippen molar-refractivity contribution in [3.63, 3.8) is 0 Å². The summed E-state index contributed by atoms with van der Waals surface area (Å²) in [6.07, 6.45) is 1.99. The molecule has 6 heteroatoms. The molecule has 0 aromatic heterocycles. The molecule has 1 saturated heterocycles. The Morgan fingerprint density at radius 2 is 2.24 bits per heavy atom. The van der Waals surface area contributed by atoms with Crippen LogP contribution in [0.2, 0.25) is 0 Å². The molecule has 0 spiro atoms. The molecule has 0 saturated carbocycles. The third-order valence-corrected chi connectivity index (χ3v) is 5.39. The molecule has 1 aliphatic rings. The number of hydrogen-bond donors (Lipinski definition) is 1. The van der Waals surface area contributed by atoms with Crippen LogP contribution in [0.1, 0.15) is 22.3 Å². The number of thioether (sulfide) groups is 2. The fourth-order valence-electron chi connectivity index (χ4n) is 2.41. The molecule has 1 atom stereocenters. The zero-order valence-corrected chi connectivity index (χ0v) is 13.8. The van der Waals surface area contributed by atoms with E-state index in [1.165, 1.54) is 0 Å². The summed E-state index contributed by atoms with van der Waals surface area (Å²) in [6, 6.07) is 5.63. The zero-order valence-electron chi connectivity index (χ0n) is 12.2. The molecule has 1 unspecified atom stereocenters. The van der Waals surface area contributed by atoms with Crippen LogP contribution in [0.15, 0.2) is 23.1 Å². The number of benzene rings is 1. The number of carboxylic acids is 1. The Bertz CT molecular complexity index is 548. The standard InChI is InChI=1S/C15H19NO3S2/c1-10-3-4-12(20-2)8-13(10)15(19)16-5-6-21-9-11(16)7-14(17)18/h3-4,8,11H,5-7,9H2,1-2H3,(H,17,18). The third kappa shape index (κ3) is 3.95. The van der Waals surface area contributed by atoms with Crippen LogP contribution >= 0.6 is 23.5 Å². The van der Waals surface area contributed by atoms with Crippen LogP contribution in [0.25, 0.3) is 0 Å². The van der Waals surface area contributed by atoms with Crippen molar-refractivity contribution < 1.29 is 14.7 Å². The molecule has 4 nitrogen and oxygen atoms in total. The number of nitrogens with zero attached hydrogens (tertiary/aromatic N) is 1. The van der Waals surface area contributed by atoms with Crippen molar-refractivity contribution >= 4 is 35.4 Å². The van der Waals surface area contributed by atoms with E-state index in [-0.39, 0.29) is 18.4 Å². The molecular weight excluding hydrogens is 306 g/mol. The number of rotatable bonds is 4. The average Bonchev–Trinajstić information content (AvgIpc) is 2.47. The maximum absolute atomic E-state index is 12.8.